The molecule has 4 aromatic rings. The lowest BCUT2D eigenvalue weighted by Crippen LogP contribution is -2.35. The zero-order valence-electron chi connectivity index (χ0n) is 24.6. The molecule has 0 radical (unpaired) electrons. The average Bonchev–Trinajstić information content (AvgIpc) is 3.81. The Morgan fingerprint density at radius 3 is 2.55 bits per heavy atom. The Morgan fingerprint density at radius 1 is 0.977 bits per heavy atom. The highest BCUT2D eigenvalue weighted by Gasteiger charge is 2.32. The molecule has 1 unspecified atom stereocenters. The van der Waals surface area contributed by atoms with E-state index >= 15 is 4.39 Å². The Kier molecular flexibility index (Phi) is 7.02. The van der Waals surface area contributed by atoms with Gasteiger partial charge in [0.25, 0.3) is 0 Å². The molecule has 1 saturated carbocycles. The van der Waals surface area contributed by atoms with Crippen LogP contribution in [0, 0.1) is 5.82 Å². The van der Waals surface area contributed by atoms with Gasteiger partial charge in [-0.15, -0.1) is 0 Å². The number of nitrogens with zero attached hydrogens (tertiary/aromatic N) is 3. The van der Waals surface area contributed by atoms with E-state index in [4.69, 9.17) is 19.2 Å². The summed E-state index contributed by atoms with van der Waals surface area (Å²) >= 11 is 0. The highest BCUT2D eigenvalue weighted by atomic mass is 19.1. The maximum atomic E-state index is 15.1. The number of rotatable bonds is 8. The molecule has 0 amide bonds. The monoisotopic (exact) mass is 597 g/mol. The van der Waals surface area contributed by atoms with E-state index in [2.05, 4.69) is 15.5 Å². The quantitative estimate of drug-likeness (QED) is 0.251. The first-order chi connectivity index (χ1) is 21.5. The zero-order chi connectivity index (χ0) is 29.8. The number of para-hydroxylation sites is 1. The number of likely N-dealkylation sites (tertiary alicyclic amines) is 1. The van der Waals surface area contributed by atoms with Crippen LogP contribution in [0.25, 0.3) is 11.0 Å². The number of benzene rings is 3. The summed E-state index contributed by atoms with van der Waals surface area (Å²) in [6.07, 6.45) is 4.82. The zero-order valence-corrected chi connectivity index (χ0v) is 24.6. The molecule has 4 heterocycles. The van der Waals surface area contributed by atoms with Gasteiger partial charge in [0.1, 0.15) is 18.2 Å². The van der Waals surface area contributed by atoms with E-state index in [1.54, 1.807) is 24.3 Å². The molecule has 1 N–H and O–H groups in total. The first-order valence-electron chi connectivity index (χ1n) is 15.8. The predicted molar refractivity (Wildman–Crippen MR) is 162 cm³/mol. The minimum Gasteiger partial charge on any atom is -0.485 e. The topological polar surface area (TPSA) is 86.0 Å². The predicted octanol–water partition coefficient (Wildman–Crippen LogP) is 6.43. The van der Waals surface area contributed by atoms with Crippen LogP contribution in [-0.2, 0) is 17.8 Å². The number of fused-ring (bicyclic) bond motifs is 2. The summed E-state index contributed by atoms with van der Waals surface area (Å²) in [7, 11) is 0. The lowest BCUT2D eigenvalue weighted by molar-refractivity contribution is -0.0592. The lowest BCUT2D eigenvalue weighted by Gasteiger charge is -2.35. The summed E-state index contributed by atoms with van der Waals surface area (Å²) in [5.74, 6) is 2.04. The second-order valence-electron chi connectivity index (χ2n) is 12.6. The van der Waals surface area contributed by atoms with Crippen molar-refractivity contribution >= 4 is 17.0 Å². The molecule has 44 heavy (non-hydrogen) atoms. The van der Waals surface area contributed by atoms with Gasteiger partial charge in [-0.2, -0.15) is 0 Å². The van der Waals surface area contributed by atoms with Crippen molar-refractivity contribution in [2.45, 2.75) is 69.2 Å². The number of halogens is 1. The van der Waals surface area contributed by atoms with Gasteiger partial charge < -0.3 is 23.9 Å². The van der Waals surface area contributed by atoms with Gasteiger partial charge in [0, 0.05) is 17.7 Å². The minimum absolute atomic E-state index is 0.130. The van der Waals surface area contributed by atoms with Crippen LogP contribution in [0.15, 0.2) is 54.6 Å². The molecule has 8 nitrogen and oxygen atoms in total. The van der Waals surface area contributed by atoms with Crippen molar-refractivity contribution in [3.63, 3.8) is 0 Å². The summed E-state index contributed by atoms with van der Waals surface area (Å²) in [5, 5.41) is 9.55. The van der Waals surface area contributed by atoms with Gasteiger partial charge in [-0.1, -0.05) is 24.3 Å². The summed E-state index contributed by atoms with van der Waals surface area (Å²) in [6, 6.07) is 16.8. The van der Waals surface area contributed by atoms with Gasteiger partial charge in [0.05, 0.1) is 35.8 Å². The van der Waals surface area contributed by atoms with Crippen molar-refractivity contribution in [3.8, 4) is 11.5 Å². The minimum atomic E-state index is -0.941. The average molecular weight is 598 g/mol. The maximum absolute atomic E-state index is 15.1. The van der Waals surface area contributed by atoms with Crippen molar-refractivity contribution in [1.82, 2.24) is 14.5 Å². The molecule has 8 rings (SSSR count). The summed E-state index contributed by atoms with van der Waals surface area (Å²) in [5.41, 5.74) is 4.66. The number of ether oxygens (including phenoxy) is 3. The number of hydrogen-bond donors (Lipinski definition) is 1. The van der Waals surface area contributed by atoms with Crippen molar-refractivity contribution in [1.29, 1.82) is 0 Å². The van der Waals surface area contributed by atoms with Crippen LogP contribution in [0.4, 0.5) is 4.39 Å². The molecule has 3 aromatic carbocycles. The van der Waals surface area contributed by atoms with Crippen LogP contribution in [0.5, 0.6) is 11.5 Å². The molecule has 2 atom stereocenters. The van der Waals surface area contributed by atoms with E-state index in [9.17, 15) is 9.90 Å². The lowest BCUT2D eigenvalue weighted by atomic mass is 9.88. The van der Waals surface area contributed by atoms with E-state index in [1.807, 2.05) is 24.3 Å². The van der Waals surface area contributed by atoms with Crippen molar-refractivity contribution in [3.05, 3.63) is 88.5 Å². The number of carbonyl (C=O) groups is 1. The maximum Gasteiger partial charge on any atom is 0.335 e. The third kappa shape index (κ3) is 5.22. The van der Waals surface area contributed by atoms with E-state index < -0.39 is 12.1 Å². The molecule has 1 aromatic heterocycles. The number of aromatic nitrogens is 2. The largest absolute Gasteiger partial charge is 0.485 e. The third-order valence-corrected chi connectivity index (χ3v) is 9.73. The smallest absolute Gasteiger partial charge is 0.335 e. The molecule has 4 aliphatic rings. The number of carboxylic acid groups (broad SMARTS) is 1. The molecule has 228 valence electrons. The molecule has 1 aliphatic carbocycles. The Bertz CT molecular complexity index is 1720. The van der Waals surface area contributed by atoms with Crippen molar-refractivity contribution in [2.75, 3.05) is 26.3 Å². The fourth-order valence-electron chi connectivity index (χ4n) is 6.93. The van der Waals surface area contributed by atoms with Crippen molar-refractivity contribution < 1.29 is 28.5 Å². The van der Waals surface area contributed by atoms with Crippen LogP contribution in [0.3, 0.4) is 0 Å². The first kappa shape index (κ1) is 27.6. The van der Waals surface area contributed by atoms with Crippen LogP contribution in [0.2, 0.25) is 0 Å². The standard InChI is InChI=1S/C35H36FN3O5/c36-28-16-23(21-4-5-21)6-8-27(28)32-20-43-31-3-1-2-26(34(31)44-32)22-10-13-38(14-11-22)19-33-37-29-9-7-24(35(40)41)17-30(29)39(33)18-25-12-15-42-25/h1-3,6-9,16-17,21-22,25,32H,4-5,10-15,18-20H2,(H,40,41)/t25-,32?/m0/s1. The summed E-state index contributed by atoms with van der Waals surface area (Å²) in [6.45, 7) is 4.18. The fraction of sp³-hybridized carbons (Fsp3) is 0.429. The molecular formula is C35H36FN3O5. The molecule has 2 saturated heterocycles. The normalized spacial score (nSPS) is 22.2. The summed E-state index contributed by atoms with van der Waals surface area (Å²) in [4.78, 5) is 19.0. The molecule has 0 spiro atoms. The third-order valence-electron chi connectivity index (χ3n) is 9.73. The van der Waals surface area contributed by atoms with Gasteiger partial charge in [0.15, 0.2) is 17.6 Å². The SMILES string of the molecule is O=C(O)c1ccc2nc(CN3CCC(c4cccc5c4OC(c4ccc(C6CC6)cc4F)CO5)CC3)n(C[C@@H]3CCO3)c2c1. The van der Waals surface area contributed by atoms with E-state index in [1.165, 1.54) is 0 Å². The fourth-order valence-corrected chi connectivity index (χ4v) is 6.93. The van der Waals surface area contributed by atoms with Gasteiger partial charge in [0.2, 0.25) is 0 Å². The van der Waals surface area contributed by atoms with Crippen LogP contribution >= 0.6 is 0 Å². The Hall–Kier alpha value is -3.95. The van der Waals surface area contributed by atoms with Gasteiger partial charge in [-0.3, -0.25) is 4.90 Å². The van der Waals surface area contributed by atoms with Crippen molar-refractivity contribution in [2.24, 2.45) is 0 Å². The van der Waals surface area contributed by atoms with Gasteiger partial charge in [-0.25, -0.2) is 14.2 Å². The highest BCUT2D eigenvalue weighted by molar-refractivity contribution is 5.92. The molecular weight excluding hydrogens is 561 g/mol. The highest BCUT2D eigenvalue weighted by Crippen LogP contribution is 2.46. The van der Waals surface area contributed by atoms with Crippen LogP contribution < -0.4 is 9.47 Å². The Labute approximate surface area is 255 Å². The number of carboxylic acids is 1. The first-order valence-corrected chi connectivity index (χ1v) is 15.8. The van der Waals surface area contributed by atoms with E-state index in [0.717, 1.165) is 91.3 Å². The second-order valence-corrected chi connectivity index (χ2v) is 12.6. The number of aromatic carboxylic acids is 1. The summed E-state index contributed by atoms with van der Waals surface area (Å²) < 4.78 is 35.6. The van der Waals surface area contributed by atoms with Crippen LogP contribution in [0.1, 0.15) is 82.9 Å². The number of piperidine rings is 1. The van der Waals surface area contributed by atoms with Gasteiger partial charge >= 0.3 is 5.97 Å². The van der Waals surface area contributed by atoms with E-state index in [-0.39, 0.29) is 24.1 Å². The second kappa shape index (κ2) is 11.2. The molecule has 0 bridgehead atoms. The Balaban J connectivity index is 0.980. The van der Waals surface area contributed by atoms with Gasteiger partial charge in [-0.05, 0) is 92.9 Å². The van der Waals surface area contributed by atoms with Crippen LogP contribution in [-0.4, -0.2) is 57.9 Å². The van der Waals surface area contributed by atoms with E-state index in [0.29, 0.717) is 30.5 Å². The molecule has 9 heteroatoms. The molecule has 3 fully saturated rings. The Morgan fingerprint density at radius 2 is 1.82 bits per heavy atom. The number of imidazole rings is 1. The number of hydrogen-bond acceptors (Lipinski definition) is 6. The molecule has 3 aliphatic heterocycles.